The second kappa shape index (κ2) is 15.1. The first-order chi connectivity index (χ1) is 19.2. The van der Waals surface area contributed by atoms with Crippen LogP contribution in [-0.4, -0.2) is 37.5 Å². The van der Waals surface area contributed by atoms with Crippen LogP contribution in [0.3, 0.4) is 0 Å². The van der Waals surface area contributed by atoms with Gasteiger partial charge in [-0.3, -0.25) is 0 Å². The standard InChI is InChI=1S/C31H32F4O5/c1-2-3-4-5-6-7-20-38-26-16-12-23(13-17-26)22-8-10-25(11-9-22)29(37)40-27-18-14-24(15-19-27)28(36)39-21-31(34,35)30(32)33/h8-19,30H,2-7,20-21H2,1H3. The average molecular weight is 561 g/mol. The molecular weight excluding hydrogens is 528 g/mol. The summed E-state index contributed by atoms with van der Waals surface area (Å²) in [4.78, 5) is 24.3. The number of rotatable bonds is 15. The first-order valence-corrected chi connectivity index (χ1v) is 13.2. The number of hydrogen-bond donors (Lipinski definition) is 0. The largest absolute Gasteiger partial charge is 0.494 e. The number of alkyl halides is 4. The van der Waals surface area contributed by atoms with E-state index in [2.05, 4.69) is 11.7 Å². The number of esters is 2. The smallest absolute Gasteiger partial charge is 0.343 e. The van der Waals surface area contributed by atoms with Gasteiger partial charge in [-0.15, -0.1) is 0 Å². The van der Waals surface area contributed by atoms with Crippen molar-refractivity contribution >= 4 is 11.9 Å². The molecule has 0 saturated heterocycles. The molecule has 5 nitrogen and oxygen atoms in total. The van der Waals surface area contributed by atoms with E-state index in [9.17, 15) is 27.2 Å². The summed E-state index contributed by atoms with van der Waals surface area (Å²) in [5, 5.41) is 0. The van der Waals surface area contributed by atoms with Gasteiger partial charge in [0, 0.05) is 0 Å². The SMILES string of the molecule is CCCCCCCCOc1ccc(-c2ccc(C(=O)Oc3ccc(C(=O)OCC(F)(F)C(F)F)cc3)cc2)cc1. The van der Waals surface area contributed by atoms with Crippen molar-refractivity contribution in [1.82, 2.24) is 0 Å². The van der Waals surface area contributed by atoms with Crippen LogP contribution in [0.2, 0.25) is 0 Å². The minimum absolute atomic E-state index is 0.0973. The molecule has 3 aromatic rings. The van der Waals surface area contributed by atoms with Gasteiger partial charge >= 0.3 is 24.3 Å². The zero-order valence-electron chi connectivity index (χ0n) is 22.2. The van der Waals surface area contributed by atoms with Crippen LogP contribution in [-0.2, 0) is 4.74 Å². The Balaban J connectivity index is 1.48. The molecule has 0 amide bonds. The molecule has 3 aromatic carbocycles. The van der Waals surface area contributed by atoms with Gasteiger partial charge in [-0.25, -0.2) is 18.4 Å². The molecule has 9 heteroatoms. The lowest BCUT2D eigenvalue weighted by molar-refractivity contribution is -0.155. The van der Waals surface area contributed by atoms with Gasteiger partial charge < -0.3 is 14.2 Å². The van der Waals surface area contributed by atoms with Gasteiger partial charge in [-0.05, 0) is 66.1 Å². The van der Waals surface area contributed by atoms with Crippen molar-refractivity contribution in [3.63, 3.8) is 0 Å². The lowest BCUT2D eigenvalue weighted by Gasteiger charge is -2.15. The second-order valence-electron chi connectivity index (χ2n) is 9.27. The lowest BCUT2D eigenvalue weighted by Crippen LogP contribution is -2.33. The number of unbranched alkanes of at least 4 members (excludes halogenated alkanes) is 5. The van der Waals surface area contributed by atoms with Crippen molar-refractivity contribution < 1.29 is 41.4 Å². The summed E-state index contributed by atoms with van der Waals surface area (Å²) in [6, 6.07) is 19.4. The van der Waals surface area contributed by atoms with E-state index in [4.69, 9.17) is 9.47 Å². The van der Waals surface area contributed by atoms with Crippen molar-refractivity contribution in [2.24, 2.45) is 0 Å². The Hall–Kier alpha value is -3.88. The Morgan fingerprint density at radius 1 is 0.700 bits per heavy atom. The molecule has 0 radical (unpaired) electrons. The van der Waals surface area contributed by atoms with E-state index in [0.717, 1.165) is 23.3 Å². The summed E-state index contributed by atoms with van der Waals surface area (Å²) >= 11 is 0. The average Bonchev–Trinajstić information content (AvgIpc) is 2.96. The van der Waals surface area contributed by atoms with Gasteiger partial charge in [0.05, 0.1) is 17.7 Å². The van der Waals surface area contributed by atoms with Crippen molar-refractivity contribution in [3.8, 4) is 22.6 Å². The summed E-state index contributed by atoms with van der Waals surface area (Å²) in [7, 11) is 0. The summed E-state index contributed by atoms with van der Waals surface area (Å²) < 4.78 is 65.6. The van der Waals surface area contributed by atoms with Gasteiger partial charge in [0.2, 0.25) is 0 Å². The number of carbonyl (C=O) groups excluding carboxylic acids is 2. The van der Waals surface area contributed by atoms with E-state index >= 15 is 0 Å². The predicted octanol–water partition coefficient (Wildman–Crippen LogP) is 8.37. The predicted molar refractivity (Wildman–Crippen MR) is 143 cm³/mol. The Kier molecular flexibility index (Phi) is 11.5. The maximum absolute atomic E-state index is 12.9. The molecule has 0 aliphatic heterocycles. The molecule has 3 rings (SSSR count). The Labute approximate surface area is 231 Å². The van der Waals surface area contributed by atoms with Crippen molar-refractivity contribution in [2.75, 3.05) is 13.2 Å². The first-order valence-electron chi connectivity index (χ1n) is 13.2. The molecule has 40 heavy (non-hydrogen) atoms. The Morgan fingerprint density at radius 2 is 1.20 bits per heavy atom. The van der Waals surface area contributed by atoms with Crippen LogP contribution in [0.25, 0.3) is 11.1 Å². The molecule has 0 unspecified atom stereocenters. The van der Waals surface area contributed by atoms with Gasteiger partial charge in [0.1, 0.15) is 11.5 Å². The van der Waals surface area contributed by atoms with Crippen LogP contribution in [0, 0.1) is 0 Å². The highest BCUT2D eigenvalue weighted by molar-refractivity contribution is 5.92. The van der Waals surface area contributed by atoms with E-state index in [1.165, 1.54) is 56.4 Å². The molecule has 0 saturated carbocycles. The number of ether oxygens (including phenoxy) is 3. The highest BCUT2D eigenvalue weighted by atomic mass is 19.3. The topological polar surface area (TPSA) is 61.8 Å². The fourth-order valence-electron chi connectivity index (χ4n) is 3.75. The highest BCUT2D eigenvalue weighted by Gasteiger charge is 2.42. The molecule has 0 aromatic heterocycles. The molecule has 0 aliphatic rings. The molecule has 0 N–H and O–H groups in total. The van der Waals surface area contributed by atoms with Crippen molar-refractivity contribution in [1.29, 1.82) is 0 Å². The number of hydrogen-bond acceptors (Lipinski definition) is 5. The Morgan fingerprint density at radius 3 is 1.80 bits per heavy atom. The zero-order valence-corrected chi connectivity index (χ0v) is 22.2. The van der Waals surface area contributed by atoms with Crippen molar-refractivity contribution in [3.05, 3.63) is 83.9 Å². The lowest BCUT2D eigenvalue weighted by atomic mass is 10.0. The minimum Gasteiger partial charge on any atom is -0.494 e. The van der Waals surface area contributed by atoms with E-state index < -0.39 is 30.9 Å². The van der Waals surface area contributed by atoms with E-state index in [1.807, 2.05) is 24.3 Å². The van der Waals surface area contributed by atoms with Crippen LogP contribution >= 0.6 is 0 Å². The van der Waals surface area contributed by atoms with Gasteiger partial charge in [-0.1, -0.05) is 63.3 Å². The fraction of sp³-hybridized carbons (Fsp3) is 0.355. The van der Waals surface area contributed by atoms with E-state index in [0.29, 0.717) is 12.2 Å². The third-order valence-corrected chi connectivity index (χ3v) is 6.09. The van der Waals surface area contributed by atoms with Gasteiger partial charge in [0.15, 0.2) is 6.61 Å². The third kappa shape index (κ3) is 9.39. The molecule has 0 spiro atoms. The number of benzene rings is 3. The quantitative estimate of drug-likeness (QED) is 0.0809. The number of carbonyl (C=O) groups is 2. The monoisotopic (exact) mass is 560 g/mol. The fourth-order valence-corrected chi connectivity index (χ4v) is 3.75. The van der Waals surface area contributed by atoms with Gasteiger partial charge in [0.25, 0.3) is 0 Å². The highest BCUT2D eigenvalue weighted by Crippen LogP contribution is 2.25. The molecule has 0 fully saturated rings. The van der Waals surface area contributed by atoms with Gasteiger partial charge in [-0.2, -0.15) is 8.78 Å². The van der Waals surface area contributed by atoms with E-state index in [1.54, 1.807) is 24.3 Å². The zero-order chi connectivity index (χ0) is 29.0. The molecular formula is C31H32F4O5. The third-order valence-electron chi connectivity index (χ3n) is 6.09. The van der Waals surface area contributed by atoms with E-state index in [-0.39, 0.29) is 11.3 Å². The summed E-state index contributed by atoms with van der Waals surface area (Å²) in [5.74, 6) is -5.38. The summed E-state index contributed by atoms with van der Waals surface area (Å²) in [6.45, 7) is 1.15. The maximum Gasteiger partial charge on any atom is 0.343 e. The van der Waals surface area contributed by atoms with Crippen LogP contribution in [0.4, 0.5) is 17.6 Å². The van der Waals surface area contributed by atoms with Crippen molar-refractivity contribution in [2.45, 2.75) is 57.8 Å². The summed E-state index contributed by atoms with van der Waals surface area (Å²) in [6.07, 6.45) is 3.28. The van der Waals surface area contributed by atoms with Crippen LogP contribution in [0.1, 0.15) is 66.2 Å². The molecule has 0 heterocycles. The number of halogens is 4. The van der Waals surface area contributed by atoms with Crippen LogP contribution in [0.5, 0.6) is 11.5 Å². The van der Waals surface area contributed by atoms with Crippen LogP contribution in [0.15, 0.2) is 72.8 Å². The maximum atomic E-state index is 12.9. The second-order valence-corrected chi connectivity index (χ2v) is 9.27. The van der Waals surface area contributed by atoms with Crippen LogP contribution < -0.4 is 9.47 Å². The molecule has 0 bridgehead atoms. The molecule has 214 valence electrons. The summed E-state index contributed by atoms with van der Waals surface area (Å²) in [5.41, 5.74) is 1.99. The Bertz CT molecular complexity index is 1210. The molecule has 0 atom stereocenters. The molecule has 0 aliphatic carbocycles. The normalized spacial score (nSPS) is 11.3. The first kappa shape index (κ1) is 30.7. The minimum atomic E-state index is -4.44.